The summed E-state index contributed by atoms with van der Waals surface area (Å²) in [5.74, 6) is -0.449. The van der Waals surface area contributed by atoms with Gasteiger partial charge in [0, 0.05) is 19.1 Å². The van der Waals surface area contributed by atoms with Crippen LogP contribution in [0.5, 0.6) is 0 Å². The van der Waals surface area contributed by atoms with Crippen molar-refractivity contribution in [1.29, 1.82) is 0 Å². The van der Waals surface area contributed by atoms with Crippen molar-refractivity contribution in [2.45, 2.75) is 25.0 Å². The number of hydrogen-bond acceptors (Lipinski definition) is 5. The fourth-order valence-electron chi connectivity index (χ4n) is 2.98. The Hall–Kier alpha value is -0.660. The second kappa shape index (κ2) is 5.38. The van der Waals surface area contributed by atoms with Gasteiger partial charge in [0.05, 0.1) is 23.5 Å². The summed E-state index contributed by atoms with van der Waals surface area (Å²) in [4.78, 5) is 16.1. The van der Waals surface area contributed by atoms with E-state index >= 15 is 0 Å². The standard InChI is InChI=1S/C12H22N2O4S/c1-13(2)6-10-5-11(15)7-14(10)12(16)9-3-4-19(17,18)8-9/h9-11,15H,3-8H2,1-2H3. The maximum atomic E-state index is 12.4. The lowest BCUT2D eigenvalue weighted by Gasteiger charge is -2.28. The van der Waals surface area contributed by atoms with Gasteiger partial charge in [-0.15, -0.1) is 0 Å². The third-order valence-electron chi connectivity index (χ3n) is 3.83. The zero-order valence-corrected chi connectivity index (χ0v) is 12.3. The fraction of sp³-hybridized carbons (Fsp3) is 0.917. The third-order valence-corrected chi connectivity index (χ3v) is 5.60. The third kappa shape index (κ3) is 3.46. The summed E-state index contributed by atoms with van der Waals surface area (Å²) in [6.07, 6.45) is 0.498. The molecule has 0 aromatic carbocycles. The van der Waals surface area contributed by atoms with Crippen molar-refractivity contribution in [2.75, 3.05) is 38.7 Å². The van der Waals surface area contributed by atoms with Gasteiger partial charge in [-0.25, -0.2) is 8.42 Å². The van der Waals surface area contributed by atoms with Crippen molar-refractivity contribution >= 4 is 15.7 Å². The molecule has 2 aliphatic heterocycles. The second-order valence-electron chi connectivity index (χ2n) is 5.90. The Kier molecular flexibility index (Phi) is 4.17. The topological polar surface area (TPSA) is 77.9 Å². The average Bonchev–Trinajstić information content (AvgIpc) is 2.80. The number of aliphatic hydroxyl groups excluding tert-OH is 1. The molecule has 1 amide bonds. The summed E-state index contributed by atoms with van der Waals surface area (Å²) in [5, 5.41) is 9.75. The number of nitrogens with zero attached hydrogens (tertiary/aromatic N) is 2. The minimum Gasteiger partial charge on any atom is -0.391 e. The van der Waals surface area contributed by atoms with Gasteiger partial charge in [0.2, 0.25) is 5.91 Å². The molecule has 3 unspecified atom stereocenters. The summed E-state index contributed by atoms with van der Waals surface area (Å²) in [6.45, 7) is 1.02. The molecule has 2 aliphatic rings. The molecule has 19 heavy (non-hydrogen) atoms. The molecule has 0 aromatic rings. The molecule has 2 rings (SSSR count). The second-order valence-corrected chi connectivity index (χ2v) is 8.12. The Morgan fingerprint density at radius 2 is 2.11 bits per heavy atom. The van der Waals surface area contributed by atoms with Gasteiger partial charge in [-0.3, -0.25) is 4.79 Å². The lowest BCUT2D eigenvalue weighted by molar-refractivity contribution is -0.136. The van der Waals surface area contributed by atoms with Crippen LogP contribution in [0.3, 0.4) is 0 Å². The number of likely N-dealkylation sites (tertiary alicyclic amines) is 1. The Morgan fingerprint density at radius 1 is 1.42 bits per heavy atom. The number of sulfone groups is 1. The van der Waals surface area contributed by atoms with E-state index in [1.807, 2.05) is 19.0 Å². The molecular weight excluding hydrogens is 268 g/mol. The minimum atomic E-state index is -3.04. The van der Waals surface area contributed by atoms with E-state index < -0.39 is 21.9 Å². The fourth-order valence-corrected chi connectivity index (χ4v) is 4.71. The van der Waals surface area contributed by atoms with Gasteiger partial charge in [-0.1, -0.05) is 0 Å². The van der Waals surface area contributed by atoms with Crippen molar-refractivity contribution in [1.82, 2.24) is 9.80 Å². The number of carbonyl (C=O) groups excluding carboxylic acids is 1. The van der Waals surface area contributed by atoms with E-state index in [1.165, 1.54) is 0 Å². The van der Waals surface area contributed by atoms with Crippen molar-refractivity contribution in [3.05, 3.63) is 0 Å². The summed E-state index contributed by atoms with van der Waals surface area (Å²) in [7, 11) is 0.803. The van der Waals surface area contributed by atoms with Crippen LogP contribution in [0.2, 0.25) is 0 Å². The number of carbonyl (C=O) groups is 1. The zero-order valence-electron chi connectivity index (χ0n) is 11.4. The SMILES string of the molecule is CN(C)CC1CC(O)CN1C(=O)C1CCS(=O)(=O)C1. The highest BCUT2D eigenvalue weighted by atomic mass is 32.2. The van der Waals surface area contributed by atoms with E-state index in [0.717, 1.165) is 0 Å². The van der Waals surface area contributed by atoms with E-state index in [0.29, 0.717) is 25.9 Å². The maximum Gasteiger partial charge on any atom is 0.227 e. The van der Waals surface area contributed by atoms with E-state index in [-0.39, 0.29) is 23.5 Å². The van der Waals surface area contributed by atoms with Crippen LogP contribution in [0.25, 0.3) is 0 Å². The molecule has 3 atom stereocenters. The highest BCUT2D eigenvalue weighted by Crippen LogP contribution is 2.26. The highest BCUT2D eigenvalue weighted by Gasteiger charge is 2.41. The molecular formula is C12H22N2O4S. The molecule has 0 bridgehead atoms. The van der Waals surface area contributed by atoms with Crippen LogP contribution >= 0.6 is 0 Å². The van der Waals surface area contributed by atoms with Gasteiger partial charge < -0.3 is 14.9 Å². The maximum absolute atomic E-state index is 12.4. The Labute approximate surface area is 114 Å². The first kappa shape index (κ1) is 14.7. The number of hydrogen-bond donors (Lipinski definition) is 1. The van der Waals surface area contributed by atoms with Gasteiger partial charge in [0.25, 0.3) is 0 Å². The molecule has 0 saturated carbocycles. The summed E-state index contributed by atoms with van der Waals surface area (Å²) in [6, 6.07) is -0.0131. The Bertz CT molecular complexity index is 449. The van der Waals surface area contributed by atoms with Crippen LogP contribution in [0.1, 0.15) is 12.8 Å². The Balaban J connectivity index is 2.05. The predicted octanol–water partition coefficient (Wildman–Crippen LogP) is -1.06. The molecule has 0 spiro atoms. The first-order valence-corrected chi connectivity index (χ1v) is 8.44. The Morgan fingerprint density at radius 3 is 2.63 bits per heavy atom. The molecule has 6 nitrogen and oxygen atoms in total. The normalized spacial score (nSPS) is 34.1. The molecule has 2 heterocycles. The highest BCUT2D eigenvalue weighted by molar-refractivity contribution is 7.91. The van der Waals surface area contributed by atoms with Gasteiger partial charge in [-0.2, -0.15) is 0 Å². The number of likely N-dealkylation sites (N-methyl/N-ethyl adjacent to an activating group) is 1. The summed E-state index contributed by atoms with van der Waals surface area (Å²) < 4.78 is 22.9. The van der Waals surface area contributed by atoms with Crippen LogP contribution in [-0.2, 0) is 14.6 Å². The van der Waals surface area contributed by atoms with Crippen molar-refractivity contribution in [3.63, 3.8) is 0 Å². The molecule has 2 saturated heterocycles. The summed E-state index contributed by atoms with van der Waals surface area (Å²) >= 11 is 0. The first-order chi connectivity index (χ1) is 8.78. The van der Waals surface area contributed by atoms with Gasteiger partial charge in [0.1, 0.15) is 0 Å². The number of rotatable bonds is 3. The van der Waals surface area contributed by atoms with Crippen molar-refractivity contribution < 1.29 is 18.3 Å². The summed E-state index contributed by atoms with van der Waals surface area (Å²) in [5.41, 5.74) is 0. The van der Waals surface area contributed by atoms with E-state index in [9.17, 15) is 18.3 Å². The quantitative estimate of drug-likeness (QED) is 0.717. The van der Waals surface area contributed by atoms with E-state index in [1.54, 1.807) is 4.90 Å². The van der Waals surface area contributed by atoms with Crippen LogP contribution in [0.15, 0.2) is 0 Å². The first-order valence-electron chi connectivity index (χ1n) is 6.62. The molecule has 1 N–H and O–H groups in total. The lowest BCUT2D eigenvalue weighted by Crippen LogP contribution is -2.44. The van der Waals surface area contributed by atoms with Gasteiger partial charge in [-0.05, 0) is 26.9 Å². The lowest BCUT2D eigenvalue weighted by atomic mass is 10.1. The predicted molar refractivity (Wildman–Crippen MR) is 71.4 cm³/mol. The zero-order chi connectivity index (χ0) is 14.2. The van der Waals surface area contributed by atoms with Crippen LogP contribution in [0.4, 0.5) is 0 Å². The smallest absolute Gasteiger partial charge is 0.227 e. The van der Waals surface area contributed by atoms with Gasteiger partial charge >= 0.3 is 0 Å². The largest absolute Gasteiger partial charge is 0.391 e. The molecule has 110 valence electrons. The molecule has 0 aromatic heterocycles. The van der Waals surface area contributed by atoms with Crippen LogP contribution in [-0.4, -0.2) is 80.1 Å². The molecule has 0 aliphatic carbocycles. The number of aliphatic hydroxyl groups is 1. The average molecular weight is 290 g/mol. The minimum absolute atomic E-state index is 0.0131. The van der Waals surface area contributed by atoms with Crippen molar-refractivity contribution in [2.24, 2.45) is 5.92 Å². The van der Waals surface area contributed by atoms with Crippen LogP contribution < -0.4 is 0 Å². The van der Waals surface area contributed by atoms with E-state index in [2.05, 4.69) is 0 Å². The molecule has 2 fully saturated rings. The van der Waals surface area contributed by atoms with Crippen molar-refractivity contribution in [3.8, 4) is 0 Å². The van der Waals surface area contributed by atoms with Gasteiger partial charge in [0.15, 0.2) is 9.84 Å². The monoisotopic (exact) mass is 290 g/mol. The van der Waals surface area contributed by atoms with Crippen LogP contribution in [0, 0.1) is 5.92 Å². The molecule has 7 heteroatoms. The van der Waals surface area contributed by atoms with E-state index in [4.69, 9.17) is 0 Å². The number of amides is 1. The number of β-amino-alcohol motifs (C(OH)–C–C–N with tert-alkyl or cyclic N) is 1. The molecule has 0 radical (unpaired) electrons.